The summed E-state index contributed by atoms with van der Waals surface area (Å²) >= 11 is 2.87. The number of aromatic nitrogens is 1. The molecule has 132 valence electrons. The van der Waals surface area contributed by atoms with Crippen LogP contribution in [0.2, 0.25) is 0 Å². The molecule has 0 aliphatic carbocycles. The molecule has 0 bridgehead atoms. The van der Waals surface area contributed by atoms with Crippen LogP contribution in [0, 0.1) is 0 Å². The molecule has 26 heavy (non-hydrogen) atoms. The molecule has 0 aliphatic heterocycles. The Balaban J connectivity index is 1.55. The number of carbonyl (C=O) groups excluding carboxylic acids is 3. The minimum atomic E-state index is -0.656. The number of ketones is 1. The smallest absolute Gasteiger partial charge is 0.358 e. The number of thiazole rings is 1. The fourth-order valence-corrected chi connectivity index (χ4v) is 3.70. The molecule has 0 atom stereocenters. The number of nitrogens with zero attached hydrogens (tertiary/aromatic N) is 1. The van der Waals surface area contributed by atoms with E-state index in [0.29, 0.717) is 11.3 Å². The minimum Gasteiger partial charge on any atom is -0.451 e. The van der Waals surface area contributed by atoms with Gasteiger partial charge in [0.15, 0.2) is 18.1 Å². The molecule has 0 aliphatic rings. The third-order valence-corrected chi connectivity index (χ3v) is 5.21. The Morgan fingerprint density at radius 3 is 2.73 bits per heavy atom. The first-order valence-electron chi connectivity index (χ1n) is 7.60. The van der Waals surface area contributed by atoms with Crippen LogP contribution >= 0.6 is 22.7 Å². The monoisotopic (exact) mass is 386 g/mol. The van der Waals surface area contributed by atoms with Crippen molar-refractivity contribution in [3.8, 4) is 9.88 Å². The van der Waals surface area contributed by atoms with E-state index in [1.54, 1.807) is 29.6 Å². The molecule has 0 saturated carbocycles. The Bertz CT molecular complexity index is 948. The second-order valence-electron chi connectivity index (χ2n) is 5.28. The molecule has 1 N–H and O–H groups in total. The van der Waals surface area contributed by atoms with Gasteiger partial charge in [0.1, 0.15) is 5.01 Å². The third-order valence-electron chi connectivity index (χ3n) is 3.33. The zero-order chi connectivity index (χ0) is 18.5. The average molecular weight is 386 g/mol. The summed E-state index contributed by atoms with van der Waals surface area (Å²) in [6.07, 6.45) is 0. The van der Waals surface area contributed by atoms with Gasteiger partial charge < -0.3 is 10.1 Å². The van der Waals surface area contributed by atoms with Crippen LogP contribution in [-0.2, 0) is 9.53 Å². The lowest BCUT2D eigenvalue weighted by Gasteiger charge is -2.06. The van der Waals surface area contributed by atoms with E-state index in [0.717, 1.165) is 9.88 Å². The molecule has 8 heteroatoms. The maximum absolute atomic E-state index is 12.0. The number of rotatable bonds is 6. The van der Waals surface area contributed by atoms with Crippen molar-refractivity contribution in [2.45, 2.75) is 6.92 Å². The van der Waals surface area contributed by atoms with Gasteiger partial charge in [0.05, 0.1) is 4.88 Å². The Hall–Kier alpha value is -2.84. The van der Waals surface area contributed by atoms with Crippen LogP contribution < -0.4 is 5.32 Å². The summed E-state index contributed by atoms with van der Waals surface area (Å²) < 4.78 is 5.00. The largest absolute Gasteiger partial charge is 0.451 e. The lowest BCUT2D eigenvalue weighted by atomic mass is 10.1. The molecule has 3 rings (SSSR count). The number of hydrogen-bond donors (Lipinski definition) is 1. The molecule has 1 aromatic carbocycles. The first kappa shape index (κ1) is 18.0. The van der Waals surface area contributed by atoms with Crippen LogP contribution in [0.3, 0.4) is 0 Å². The molecular formula is C18H14N2O4S2. The summed E-state index contributed by atoms with van der Waals surface area (Å²) in [6, 6.07) is 10.4. The van der Waals surface area contributed by atoms with E-state index in [1.165, 1.54) is 29.6 Å². The van der Waals surface area contributed by atoms with Gasteiger partial charge in [0, 0.05) is 16.6 Å². The van der Waals surface area contributed by atoms with Crippen LogP contribution in [0.1, 0.15) is 27.8 Å². The molecule has 6 nitrogen and oxygen atoms in total. The number of nitrogens with one attached hydrogen (secondary N) is 1. The van der Waals surface area contributed by atoms with E-state index < -0.39 is 18.5 Å². The fourth-order valence-electron chi connectivity index (χ4n) is 2.10. The van der Waals surface area contributed by atoms with E-state index in [9.17, 15) is 14.4 Å². The predicted octanol–water partition coefficient (Wildman–Crippen LogP) is 3.87. The highest BCUT2D eigenvalue weighted by Gasteiger charge is 2.15. The normalized spacial score (nSPS) is 10.3. The van der Waals surface area contributed by atoms with Crippen LogP contribution in [0.5, 0.6) is 0 Å². The SMILES string of the molecule is CC(=O)c1cccc(NC(=O)COC(=O)c2csc(-c3cccs3)n2)c1. The molecule has 1 amide bonds. The number of carbonyl (C=O) groups is 3. The van der Waals surface area contributed by atoms with Crippen molar-refractivity contribution in [3.05, 3.63) is 58.4 Å². The quantitative estimate of drug-likeness (QED) is 0.513. The zero-order valence-corrected chi connectivity index (χ0v) is 15.4. The number of thiophene rings is 1. The predicted molar refractivity (Wildman–Crippen MR) is 101 cm³/mol. The second kappa shape index (κ2) is 8.03. The molecule has 0 fully saturated rings. The number of hydrogen-bond acceptors (Lipinski definition) is 7. The van der Waals surface area contributed by atoms with Gasteiger partial charge in [-0.15, -0.1) is 22.7 Å². The standard InChI is InChI=1S/C18H14N2O4S2/c1-11(21)12-4-2-5-13(8-12)19-16(22)9-24-18(23)14-10-26-17(20-14)15-6-3-7-25-15/h2-8,10H,9H2,1H3,(H,19,22). The van der Waals surface area contributed by atoms with Gasteiger partial charge in [-0.2, -0.15) is 0 Å². The molecule has 2 aromatic heterocycles. The summed E-state index contributed by atoms with van der Waals surface area (Å²) in [6.45, 7) is 1.01. The highest BCUT2D eigenvalue weighted by molar-refractivity contribution is 7.20. The van der Waals surface area contributed by atoms with Crippen LogP contribution in [0.15, 0.2) is 47.2 Å². The fraction of sp³-hybridized carbons (Fsp3) is 0.111. The van der Waals surface area contributed by atoms with Gasteiger partial charge in [0.2, 0.25) is 0 Å². The minimum absolute atomic E-state index is 0.0994. The molecular weight excluding hydrogens is 372 g/mol. The summed E-state index contributed by atoms with van der Waals surface area (Å²) in [5.41, 5.74) is 1.13. The van der Waals surface area contributed by atoms with Crippen molar-refractivity contribution in [3.63, 3.8) is 0 Å². The first-order valence-corrected chi connectivity index (χ1v) is 9.36. The molecule has 0 spiro atoms. The highest BCUT2D eigenvalue weighted by atomic mass is 32.1. The molecule has 3 aromatic rings. The number of benzene rings is 1. The van der Waals surface area contributed by atoms with Crippen LogP contribution in [0.25, 0.3) is 9.88 Å². The van der Waals surface area contributed by atoms with Crippen molar-refractivity contribution in [2.75, 3.05) is 11.9 Å². The topological polar surface area (TPSA) is 85.4 Å². The van der Waals surface area contributed by atoms with Crippen molar-refractivity contribution in [2.24, 2.45) is 0 Å². The van der Waals surface area contributed by atoms with E-state index in [4.69, 9.17) is 4.74 Å². The van der Waals surface area contributed by atoms with Crippen LogP contribution in [-0.4, -0.2) is 29.3 Å². The lowest BCUT2D eigenvalue weighted by Crippen LogP contribution is -2.21. The Labute approximate surface area is 157 Å². The van der Waals surface area contributed by atoms with E-state index in [2.05, 4.69) is 10.3 Å². The van der Waals surface area contributed by atoms with Crippen LogP contribution in [0.4, 0.5) is 5.69 Å². The van der Waals surface area contributed by atoms with Gasteiger partial charge in [-0.3, -0.25) is 9.59 Å². The highest BCUT2D eigenvalue weighted by Crippen LogP contribution is 2.27. The van der Waals surface area contributed by atoms with Gasteiger partial charge in [-0.25, -0.2) is 9.78 Å². The number of Topliss-reactive ketones (excluding diaryl/α,β-unsaturated/α-hetero) is 1. The van der Waals surface area contributed by atoms with Gasteiger partial charge >= 0.3 is 5.97 Å². The van der Waals surface area contributed by atoms with Crippen molar-refractivity contribution in [1.82, 2.24) is 4.98 Å². The number of anilines is 1. The van der Waals surface area contributed by atoms with Crippen molar-refractivity contribution >= 4 is 46.0 Å². The van der Waals surface area contributed by atoms with Gasteiger partial charge in [0.25, 0.3) is 5.91 Å². The Morgan fingerprint density at radius 1 is 1.15 bits per heavy atom. The summed E-state index contributed by atoms with van der Waals surface area (Å²) in [5, 5.41) is 6.85. The summed E-state index contributed by atoms with van der Waals surface area (Å²) in [5.74, 6) is -1.25. The summed E-state index contributed by atoms with van der Waals surface area (Å²) in [7, 11) is 0. The number of esters is 1. The van der Waals surface area contributed by atoms with Crippen molar-refractivity contribution in [1.29, 1.82) is 0 Å². The van der Waals surface area contributed by atoms with E-state index in [-0.39, 0.29) is 11.5 Å². The maximum Gasteiger partial charge on any atom is 0.358 e. The second-order valence-corrected chi connectivity index (χ2v) is 7.08. The average Bonchev–Trinajstić information content (AvgIpc) is 3.31. The third kappa shape index (κ3) is 4.41. The van der Waals surface area contributed by atoms with Crippen molar-refractivity contribution < 1.29 is 19.1 Å². The molecule has 2 heterocycles. The zero-order valence-electron chi connectivity index (χ0n) is 13.7. The van der Waals surface area contributed by atoms with Gasteiger partial charge in [-0.05, 0) is 30.5 Å². The van der Waals surface area contributed by atoms with E-state index >= 15 is 0 Å². The molecule has 0 radical (unpaired) electrons. The number of ether oxygens (including phenoxy) is 1. The Kier molecular flexibility index (Phi) is 5.55. The summed E-state index contributed by atoms with van der Waals surface area (Å²) in [4.78, 5) is 40.5. The first-order chi connectivity index (χ1) is 12.5. The number of amides is 1. The lowest BCUT2D eigenvalue weighted by molar-refractivity contribution is -0.119. The van der Waals surface area contributed by atoms with E-state index in [1.807, 2.05) is 17.5 Å². The molecule has 0 saturated heterocycles. The Morgan fingerprint density at radius 2 is 2.00 bits per heavy atom. The molecule has 0 unspecified atom stereocenters. The van der Waals surface area contributed by atoms with Gasteiger partial charge in [-0.1, -0.05) is 18.2 Å². The maximum atomic E-state index is 12.0.